The number of aliphatic hydroxyl groups is 1. The minimum Gasteiger partial charge on any atom is -0.381 e. The Bertz CT molecular complexity index is 152. The normalized spacial score (nSPS) is 43.5. The zero-order valence-electron chi connectivity index (χ0n) is 4.74. The number of nitrogens with one attached hydrogen (secondary N) is 1. The Labute approximate surface area is 78.4 Å². The summed E-state index contributed by atoms with van der Waals surface area (Å²) in [4.78, 5) is -1.08. The van der Waals surface area contributed by atoms with Crippen LogP contribution < -0.4 is 5.32 Å². The van der Waals surface area contributed by atoms with Gasteiger partial charge < -0.3 is 5.11 Å². The lowest BCUT2D eigenvalue weighted by Crippen LogP contribution is -2.32. The van der Waals surface area contributed by atoms with Crippen LogP contribution in [-0.2, 0) is 0 Å². The first kappa shape index (κ1) is 9.17. The lowest BCUT2D eigenvalue weighted by molar-refractivity contribution is 0.252. The van der Waals surface area contributed by atoms with Gasteiger partial charge in [0.15, 0.2) is 4.33 Å². The first-order valence-electron chi connectivity index (χ1n) is 2.53. The second-order valence-corrected chi connectivity index (χ2v) is 4.45. The Kier molecular flexibility index (Phi) is 2.33. The Balaban J connectivity index is 2.59. The molecule has 1 saturated carbocycles. The maximum absolute atomic E-state index is 8.42. The van der Waals surface area contributed by atoms with Crippen molar-refractivity contribution < 1.29 is 5.11 Å². The third-order valence-electron chi connectivity index (χ3n) is 1.41. The monoisotopic (exact) mass is 223 g/mol. The molecule has 0 radical (unpaired) electrons. The molecule has 60 valence electrons. The van der Waals surface area contributed by atoms with Crippen molar-refractivity contribution in [3.8, 4) is 0 Å². The molecule has 1 aliphatic carbocycles. The number of hydrogen-bond acceptors (Lipinski definition) is 2. The molecule has 10 heavy (non-hydrogen) atoms. The summed E-state index contributed by atoms with van der Waals surface area (Å²) < 4.78 is -1.18. The quantitative estimate of drug-likeness (QED) is 0.421. The number of halogens is 4. The van der Waals surface area contributed by atoms with Crippen molar-refractivity contribution in [2.75, 3.05) is 6.73 Å². The van der Waals surface area contributed by atoms with Crippen molar-refractivity contribution >= 4 is 46.4 Å². The summed E-state index contributed by atoms with van der Waals surface area (Å²) in [5, 5.41) is 10.3. The molecular weight excluding hydrogens is 220 g/mol. The highest BCUT2D eigenvalue weighted by atomic mass is 35.5. The summed E-state index contributed by atoms with van der Waals surface area (Å²) in [5.41, 5.74) is 0. The third kappa shape index (κ3) is 1.02. The summed E-state index contributed by atoms with van der Waals surface area (Å²) in [6, 6.07) is 0. The van der Waals surface area contributed by atoms with E-state index in [2.05, 4.69) is 5.32 Å². The van der Waals surface area contributed by atoms with E-state index in [9.17, 15) is 0 Å². The van der Waals surface area contributed by atoms with Gasteiger partial charge in [-0.2, -0.15) is 0 Å². The fourth-order valence-electron chi connectivity index (χ4n) is 0.657. The Hall–Kier alpha value is 1.08. The summed E-state index contributed by atoms with van der Waals surface area (Å²) in [5.74, 6) is 0. The molecule has 0 amide bonds. The lowest BCUT2D eigenvalue weighted by Gasteiger charge is -2.07. The Morgan fingerprint density at radius 2 is 1.80 bits per heavy atom. The van der Waals surface area contributed by atoms with E-state index in [4.69, 9.17) is 51.5 Å². The minimum absolute atomic E-state index is 0.298. The molecule has 1 fully saturated rings. The number of rotatable bonds is 2. The van der Waals surface area contributed by atoms with Gasteiger partial charge in [0.1, 0.15) is 10.4 Å². The zero-order valence-corrected chi connectivity index (χ0v) is 7.77. The maximum Gasteiger partial charge on any atom is 0.171 e. The highest BCUT2D eigenvalue weighted by Crippen LogP contribution is 2.62. The van der Waals surface area contributed by atoms with Gasteiger partial charge in [-0.25, -0.2) is 0 Å². The number of hydrogen-bond donors (Lipinski definition) is 2. The van der Waals surface area contributed by atoms with Crippen LogP contribution >= 0.6 is 46.4 Å². The third-order valence-corrected chi connectivity index (χ3v) is 4.27. The van der Waals surface area contributed by atoms with Crippen LogP contribution in [0.15, 0.2) is 0 Å². The highest BCUT2D eigenvalue weighted by Gasteiger charge is 2.75. The molecule has 2 atom stereocenters. The fraction of sp³-hybridized carbons (Fsp3) is 1.00. The van der Waals surface area contributed by atoms with Crippen LogP contribution in [-0.4, -0.2) is 26.5 Å². The summed E-state index contributed by atoms with van der Waals surface area (Å²) >= 11 is 22.5. The van der Waals surface area contributed by atoms with Crippen LogP contribution in [0, 0.1) is 0 Å². The van der Waals surface area contributed by atoms with Crippen molar-refractivity contribution in [3.05, 3.63) is 0 Å². The smallest absolute Gasteiger partial charge is 0.171 e. The average Bonchev–Trinajstić information content (AvgIpc) is 2.17. The molecule has 0 aromatic rings. The number of alkyl halides is 4. The van der Waals surface area contributed by atoms with Crippen LogP contribution in [0.25, 0.3) is 0 Å². The lowest BCUT2D eigenvalue weighted by atomic mass is 10.7. The van der Waals surface area contributed by atoms with Crippen LogP contribution in [0.3, 0.4) is 0 Å². The maximum atomic E-state index is 8.42. The average molecular weight is 225 g/mol. The van der Waals surface area contributed by atoms with Gasteiger partial charge in [0.05, 0.1) is 6.73 Å². The van der Waals surface area contributed by atoms with E-state index < -0.39 is 14.7 Å². The van der Waals surface area contributed by atoms with Gasteiger partial charge in [-0.3, -0.25) is 5.32 Å². The van der Waals surface area contributed by atoms with Crippen molar-refractivity contribution in [1.29, 1.82) is 0 Å². The van der Waals surface area contributed by atoms with Gasteiger partial charge in [-0.1, -0.05) is 34.8 Å². The molecule has 0 bridgehead atoms. The minimum atomic E-state index is -1.18. The predicted molar refractivity (Wildman–Crippen MR) is 42.9 cm³/mol. The van der Waals surface area contributed by atoms with E-state index in [0.29, 0.717) is 0 Å². The second kappa shape index (κ2) is 2.54. The molecule has 0 saturated heterocycles. The van der Waals surface area contributed by atoms with E-state index in [1.807, 2.05) is 0 Å². The Morgan fingerprint density at radius 3 is 1.90 bits per heavy atom. The largest absolute Gasteiger partial charge is 0.381 e. The van der Waals surface area contributed by atoms with Gasteiger partial charge in [0.25, 0.3) is 0 Å². The zero-order chi connectivity index (χ0) is 7.99. The first-order valence-corrected chi connectivity index (χ1v) is 4.10. The van der Waals surface area contributed by atoms with E-state index in [0.717, 1.165) is 0 Å². The van der Waals surface area contributed by atoms with Crippen LogP contribution in [0.4, 0.5) is 0 Å². The second-order valence-electron chi connectivity index (χ2n) is 2.03. The molecule has 1 rings (SSSR count). The van der Waals surface area contributed by atoms with Crippen molar-refractivity contribution in [2.45, 2.75) is 14.7 Å². The number of aliphatic hydroxyl groups excluding tert-OH is 1. The molecule has 6 heteroatoms. The first-order chi connectivity index (χ1) is 4.47. The summed E-state index contributed by atoms with van der Waals surface area (Å²) in [7, 11) is 0. The summed E-state index contributed by atoms with van der Waals surface area (Å²) in [6.45, 7) is -0.298. The molecule has 1 aliphatic rings. The molecule has 0 aromatic heterocycles. The summed E-state index contributed by atoms with van der Waals surface area (Å²) in [6.07, 6.45) is 0. The molecule has 0 aromatic carbocycles. The van der Waals surface area contributed by atoms with E-state index in [1.54, 1.807) is 0 Å². The fourth-order valence-corrected chi connectivity index (χ4v) is 2.14. The van der Waals surface area contributed by atoms with Gasteiger partial charge >= 0.3 is 0 Å². The Morgan fingerprint density at radius 1 is 1.40 bits per heavy atom. The molecular formula is C4H5Cl4NO. The predicted octanol–water partition coefficient (Wildman–Crippen LogP) is 1.26. The molecule has 0 aliphatic heterocycles. The van der Waals surface area contributed by atoms with E-state index >= 15 is 0 Å². The topological polar surface area (TPSA) is 32.3 Å². The van der Waals surface area contributed by atoms with Crippen molar-refractivity contribution in [1.82, 2.24) is 5.32 Å². The molecule has 2 nitrogen and oxygen atoms in total. The molecule has 2 unspecified atom stereocenters. The van der Waals surface area contributed by atoms with E-state index in [-0.39, 0.29) is 6.73 Å². The molecule has 0 spiro atoms. The van der Waals surface area contributed by atoms with Gasteiger partial charge in [-0.15, -0.1) is 11.6 Å². The standard InChI is InChI=1S/C4H5Cl4NO/c5-2-3(6,7)4(2,8)9-1-10/h2,9-10H,1H2. The van der Waals surface area contributed by atoms with Crippen molar-refractivity contribution in [3.63, 3.8) is 0 Å². The van der Waals surface area contributed by atoms with Crippen LogP contribution in [0.5, 0.6) is 0 Å². The van der Waals surface area contributed by atoms with Gasteiger partial charge in [-0.05, 0) is 0 Å². The van der Waals surface area contributed by atoms with Crippen LogP contribution in [0.1, 0.15) is 0 Å². The van der Waals surface area contributed by atoms with E-state index in [1.165, 1.54) is 0 Å². The van der Waals surface area contributed by atoms with Gasteiger partial charge in [0, 0.05) is 0 Å². The van der Waals surface area contributed by atoms with Gasteiger partial charge in [0.2, 0.25) is 0 Å². The molecule has 0 heterocycles. The molecule has 2 N–H and O–H groups in total. The highest BCUT2D eigenvalue weighted by molar-refractivity contribution is 6.64. The van der Waals surface area contributed by atoms with Crippen molar-refractivity contribution in [2.24, 2.45) is 0 Å². The SMILES string of the molecule is OCNC1(Cl)C(Cl)C1(Cl)Cl. The van der Waals surface area contributed by atoms with Crippen LogP contribution in [0.2, 0.25) is 0 Å².